The fraction of sp³-hybridized carbons (Fsp3) is 0.900. The largest absolute Gasteiger partial charge is 0.394 e. The molecule has 2 saturated carbocycles. The molecule has 0 heterocycles. The molecule has 0 radical (unpaired) electrons. The Bertz CT molecular complexity index is 205. The van der Waals surface area contributed by atoms with E-state index in [2.05, 4.69) is 5.32 Å². The first-order valence-electron chi connectivity index (χ1n) is 5.19. The van der Waals surface area contributed by atoms with E-state index in [-0.39, 0.29) is 24.0 Å². The standard InChI is InChI=1S/C10H17NO2/c12-7-10(5-1-2-6-10)11-9(13)8-3-4-8/h8,12H,1-7H2,(H,11,13). The van der Waals surface area contributed by atoms with E-state index in [9.17, 15) is 9.90 Å². The molecule has 2 N–H and O–H groups in total. The molecule has 3 heteroatoms. The Labute approximate surface area is 78.5 Å². The van der Waals surface area contributed by atoms with Crippen LogP contribution in [-0.4, -0.2) is 23.2 Å². The predicted octanol–water partition coefficient (Wildman–Crippen LogP) is 0.818. The van der Waals surface area contributed by atoms with Crippen LogP contribution in [0.2, 0.25) is 0 Å². The molecule has 2 fully saturated rings. The molecule has 0 aliphatic heterocycles. The maximum absolute atomic E-state index is 11.5. The smallest absolute Gasteiger partial charge is 0.223 e. The van der Waals surface area contributed by atoms with E-state index in [1.54, 1.807) is 0 Å². The van der Waals surface area contributed by atoms with Crippen molar-refractivity contribution in [2.75, 3.05) is 6.61 Å². The lowest BCUT2D eigenvalue weighted by molar-refractivity contribution is -0.124. The Balaban J connectivity index is 1.92. The molecule has 0 aromatic heterocycles. The van der Waals surface area contributed by atoms with Crippen molar-refractivity contribution in [2.45, 2.75) is 44.1 Å². The Morgan fingerprint density at radius 1 is 1.38 bits per heavy atom. The second-order valence-electron chi connectivity index (χ2n) is 4.41. The van der Waals surface area contributed by atoms with Gasteiger partial charge in [-0.15, -0.1) is 0 Å². The zero-order valence-corrected chi connectivity index (χ0v) is 7.88. The molecule has 0 spiro atoms. The monoisotopic (exact) mass is 183 g/mol. The quantitative estimate of drug-likeness (QED) is 0.680. The van der Waals surface area contributed by atoms with E-state index in [4.69, 9.17) is 0 Å². The van der Waals surface area contributed by atoms with Crippen LogP contribution >= 0.6 is 0 Å². The summed E-state index contributed by atoms with van der Waals surface area (Å²) in [6, 6.07) is 0. The summed E-state index contributed by atoms with van der Waals surface area (Å²) in [5, 5.41) is 12.3. The van der Waals surface area contributed by atoms with Crippen molar-refractivity contribution in [3.8, 4) is 0 Å². The lowest BCUT2D eigenvalue weighted by Gasteiger charge is -2.27. The highest BCUT2D eigenvalue weighted by atomic mass is 16.3. The minimum Gasteiger partial charge on any atom is -0.394 e. The Hall–Kier alpha value is -0.570. The van der Waals surface area contributed by atoms with Gasteiger partial charge in [0.25, 0.3) is 0 Å². The summed E-state index contributed by atoms with van der Waals surface area (Å²) in [5.74, 6) is 0.417. The van der Waals surface area contributed by atoms with E-state index >= 15 is 0 Å². The van der Waals surface area contributed by atoms with Gasteiger partial charge in [0.1, 0.15) is 0 Å². The third-order valence-electron chi connectivity index (χ3n) is 3.20. The average molecular weight is 183 g/mol. The molecule has 0 atom stereocenters. The lowest BCUT2D eigenvalue weighted by atomic mass is 9.98. The third kappa shape index (κ3) is 1.85. The molecule has 2 rings (SSSR count). The van der Waals surface area contributed by atoms with Crippen molar-refractivity contribution in [3.63, 3.8) is 0 Å². The molecule has 13 heavy (non-hydrogen) atoms. The summed E-state index contributed by atoms with van der Waals surface area (Å²) >= 11 is 0. The van der Waals surface area contributed by atoms with Crippen LogP contribution in [0.4, 0.5) is 0 Å². The van der Waals surface area contributed by atoms with Crippen LogP contribution in [-0.2, 0) is 4.79 Å². The summed E-state index contributed by atoms with van der Waals surface area (Å²) < 4.78 is 0. The maximum Gasteiger partial charge on any atom is 0.223 e. The molecule has 0 unspecified atom stereocenters. The number of amides is 1. The summed E-state index contributed by atoms with van der Waals surface area (Å²) in [7, 11) is 0. The first-order chi connectivity index (χ1) is 6.26. The Kier molecular flexibility index (Phi) is 2.28. The van der Waals surface area contributed by atoms with Crippen molar-refractivity contribution in [3.05, 3.63) is 0 Å². The van der Waals surface area contributed by atoms with Gasteiger partial charge in [0.2, 0.25) is 5.91 Å². The summed E-state index contributed by atoms with van der Waals surface area (Å²) in [6.07, 6.45) is 6.22. The lowest BCUT2D eigenvalue weighted by Crippen LogP contribution is -2.49. The topological polar surface area (TPSA) is 49.3 Å². The molecule has 0 saturated heterocycles. The average Bonchev–Trinajstić information content (AvgIpc) is 2.89. The number of rotatable bonds is 3. The summed E-state index contributed by atoms with van der Waals surface area (Å²) in [6.45, 7) is 0.103. The zero-order valence-electron chi connectivity index (χ0n) is 7.88. The number of carbonyl (C=O) groups is 1. The van der Waals surface area contributed by atoms with Crippen molar-refractivity contribution < 1.29 is 9.90 Å². The molecule has 74 valence electrons. The number of aliphatic hydroxyl groups excluding tert-OH is 1. The number of hydrogen-bond donors (Lipinski definition) is 2. The van der Waals surface area contributed by atoms with Crippen LogP contribution in [0.25, 0.3) is 0 Å². The van der Waals surface area contributed by atoms with Crippen LogP contribution < -0.4 is 5.32 Å². The van der Waals surface area contributed by atoms with Crippen LogP contribution in [0.1, 0.15) is 38.5 Å². The van der Waals surface area contributed by atoms with Gasteiger partial charge in [-0.25, -0.2) is 0 Å². The van der Waals surface area contributed by atoms with Crippen LogP contribution in [0, 0.1) is 5.92 Å². The van der Waals surface area contributed by atoms with Crippen molar-refractivity contribution in [2.24, 2.45) is 5.92 Å². The zero-order chi connectivity index (χ0) is 9.31. The van der Waals surface area contributed by atoms with E-state index in [0.29, 0.717) is 0 Å². The fourth-order valence-electron chi connectivity index (χ4n) is 2.08. The van der Waals surface area contributed by atoms with Crippen molar-refractivity contribution in [1.82, 2.24) is 5.32 Å². The Morgan fingerprint density at radius 2 is 2.00 bits per heavy atom. The van der Waals surface area contributed by atoms with Crippen LogP contribution in [0.3, 0.4) is 0 Å². The van der Waals surface area contributed by atoms with Gasteiger partial charge in [0, 0.05) is 5.92 Å². The molecule has 2 aliphatic rings. The van der Waals surface area contributed by atoms with Gasteiger partial charge in [-0.2, -0.15) is 0 Å². The van der Waals surface area contributed by atoms with Gasteiger partial charge in [-0.1, -0.05) is 12.8 Å². The van der Waals surface area contributed by atoms with Gasteiger partial charge in [-0.05, 0) is 25.7 Å². The second kappa shape index (κ2) is 3.29. The highest BCUT2D eigenvalue weighted by Gasteiger charge is 2.38. The highest BCUT2D eigenvalue weighted by Crippen LogP contribution is 2.33. The highest BCUT2D eigenvalue weighted by molar-refractivity contribution is 5.81. The Morgan fingerprint density at radius 3 is 2.46 bits per heavy atom. The molecule has 0 aromatic carbocycles. The fourth-order valence-corrected chi connectivity index (χ4v) is 2.08. The molecular formula is C10H17NO2. The number of nitrogens with one attached hydrogen (secondary N) is 1. The molecule has 0 bridgehead atoms. The predicted molar refractivity (Wildman–Crippen MR) is 49.2 cm³/mol. The molecule has 3 nitrogen and oxygen atoms in total. The molecule has 0 aromatic rings. The van der Waals surface area contributed by atoms with Crippen molar-refractivity contribution >= 4 is 5.91 Å². The molecular weight excluding hydrogens is 166 g/mol. The van der Waals surface area contributed by atoms with E-state index in [0.717, 1.165) is 38.5 Å². The third-order valence-corrected chi connectivity index (χ3v) is 3.20. The minimum atomic E-state index is -0.264. The second-order valence-corrected chi connectivity index (χ2v) is 4.41. The molecule has 1 amide bonds. The van der Waals surface area contributed by atoms with Gasteiger partial charge >= 0.3 is 0 Å². The number of carbonyl (C=O) groups excluding carboxylic acids is 1. The van der Waals surface area contributed by atoms with Gasteiger partial charge in [-0.3, -0.25) is 4.79 Å². The maximum atomic E-state index is 11.5. The van der Waals surface area contributed by atoms with E-state index < -0.39 is 0 Å². The van der Waals surface area contributed by atoms with Gasteiger partial charge in [0.05, 0.1) is 12.1 Å². The van der Waals surface area contributed by atoms with Gasteiger partial charge in [0.15, 0.2) is 0 Å². The minimum absolute atomic E-state index is 0.103. The van der Waals surface area contributed by atoms with Crippen molar-refractivity contribution in [1.29, 1.82) is 0 Å². The SMILES string of the molecule is O=C(NC1(CO)CCCC1)C1CC1. The van der Waals surface area contributed by atoms with E-state index in [1.165, 1.54) is 0 Å². The summed E-state index contributed by atoms with van der Waals surface area (Å²) in [4.78, 5) is 11.5. The summed E-state index contributed by atoms with van der Waals surface area (Å²) in [5.41, 5.74) is -0.264. The van der Waals surface area contributed by atoms with E-state index in [1.807, 2.05) is 0 Å². The van der Waals surface area contributed by atoms with Crippen LogP contribution in [0.15, 0.2) is 0 Å². The van der Waals surface area contributed by atoms with Crippen LogP contribution in [0.5, 0.6) is 0 Å². The molecule has 2 aliphatic carbocycles. The first kappa shape index (κ1) is 9.00. The normalized spacial score (nSPS) is 25.9. The van der Waals surface area contributed by atoms with Gasteiger partial charge < -0.3 is 10.4 Å². The number of hydrogen-bond acceptors (Lipinski definition) is 2. The number of aliphatic hydroxyl groups is 1. The first-order valence-corrected chi connectivity index (χ1v) is 5.19.